The number of hydrogen-bond donors (Lipinski definition) is 1. The number of fused-ring (bicyclic) bond motifs is 5. The van der Waals surface area contributed by atoms with Gasteiger partial charge in [-0.1, -0.05) is 72.0 Å². The molecular weight excluding hydrogens is 528 g/mol. The van der Waals surface area contributed by atoms with E-state index in [1.165, 1.54) is 38.5 Å². The maximum absolute atomic E-state index is 14.1. The van der Waals surface area contributed by atoms with Gasteiger partial charge in [0, 0.05) is 28.6 Å². The van der Waals surface area contributed by atoms with Crippen molar-refractivity contribution in [1.29, 1.82) is 0 Å². The SMILES string of the molecule is CCC(=O)[C@@]1(OC(=O)C2CCC(C3CCCCCC3)O2)[C@H](C)C[C@H]2[C@@H]3CCC4=CC(=O)C=C[C@]4(C)[C@@]3(C)[C@@H](O)C[C@@]21C. The summed E-state index contributed by atoms with van der Waals surface area (Å²) in [6, 6.07) is 0. The van der Waals surface area contributed by atoms with Crippen molar-refractivity contribution in [3.8, 4) is 0 Å². The minimum atomic E-state index is -1.29. The first kappa shape index (κ1) is 30.2. The lowest BCUT2D eigenvalue weighted by Crippen LogP contribution is -2.67. The first-order valence-electron chi connectivity index (χ1n) is 17.0. The number of aliphatic hydroxyl groups excluding tert-OH is 1. The monoisotopic (exact) mass is 580 g/mol. The highest BCUT2D eigenvalue weighted by Crippen LogP contribution is 2.73. The van der Waals surface area contributed by atoms with E-state index in [-0.39, 0.29) is 47.8 Å². The van der Waals surface area contributed by atoms with Gasteiger partial charge in [-0.25, -0.2) is 4.79 Å². The van der Waals surface area contributed by atoms with Crippen LogP contribution in [0.15, 0.2) is 23.8 Å². The number of esters is 1. The topological polar surface area (TPSA) is 89.9 Å². The number of carbonyl (C=O) groups is 3. The predicted octanol–water partition coefficient (Wildman–Crippen LogP) is 6.68. The first-order chi connectivity index (χ1) is 19.9. The van der Waals surface area contributed by atoms with Crippen LogP contribution in [-0.2, 0) is 23.9 Å². The Morgan fingerprint density at radius 2 is 1.74 bits per heavy atom. The molecule has 1 aliphatic heterocycles. The Bertz CT molecular complexity index is 1180. The third-order valence-corrected chi connectivity index (χ3v) is 13.7. The molecule has 0 spiro atoms. The van der Waals surface area contributed by atoms with Crippen molar-refractivity contribution in [2.24, 2.45) is 39.9 Å². The smallest absolute Gasteiger partial charge is 0.336 e. The molecular formula is C36H52O6. The predicted molar refractivity (Wildman–Crippen MR) is 160 cm³/mol. The molecule has 0 amide bonds. The van der Waals surface area contributed by atoms with E-state index in [1.54, 1.807) is 12.2 Å². The highest BCUT2D eigenvalue weighted by molar-refractivity contribution is 6.01. The minimum Gasteiger partial charge on any atom is -0.448 e. The van der Waals surface area contributed by atoms with E-state index in [2.05, 4.69) is 27.7 Å². The lowest BCUT2D eigenvalue weighted by molar-refractivity contribution is -0.224. The lowest BCUT2D eigenvalue weighted by atomic mass is 9.39. The van der Waals surface area contributed by atoms with Crippen LogP contribution in [0.4, 0.5) is 0 Å². The molecule has 5 aliphatic carbocycles. The van der Waals surface area contributed by atoms with Crippen LogP contribution in [0.2, 0.25) is 0 Å². The molecule has 0 aromatic carbocycles. The molecule has 6 nitrogen and oxygen atoms in total. The molecule has 0 aromatic heterocycles. The molecule has 1 saturated heterocycles. The van der Waals surface area contributed by atoms with Crippen molar-refractivity contribution in [3.63, 3.8) is 0 Å². The van der Waals surface area contributed by atoms with E-state index < -0.39 is 34.1 Å². The number of carbonyl (C=O) groups excluding carboxylic acids is 3. The summed E-state index contributed by atoms with van der Waals surface area (Å²) in [7, 11) is 0. The van der Waals surface area contributed by atoms with E-state index in [0.717, 1.165) is 31.3 Å². The third kappa shape index (κ3) is 4.13. The molecule has 42 heavy (non-hydrogen) atoms. The average Bonchev–Trinajstić information content (AvgIpc) is 3.40. The van der Waals surface area contributed by atoms with E-state index in [0.29, 0.717) is 18.8 Å². The average molecular weight is 581 g/mol. The van der Waals surface area contributed by atoms with Gasteiger partial charge in [-0.2, -0.15) is 0 Å². The van der Waals surface area contributed by atoms with Crippen molar-refractivity contribution in [2.75, 3.05) is 0 Å². The van der Waals surface area contributed by atoms with E-state index in [9.17, 15) is 19.5 Å². The Labute approximate surface area is 252 Å². The van der Waals surface area contributed by atoms with Crippen molar-refractivity contribution in [2.45, 2.75) is 142 Å². The maximum Gasteiger partial charge on any atom is 0.336 e. The van der Waals surface area contributed by atoms with E-state index in [4.69, 9.17) is 9.47 Å². The second-order valence-corrected chi connectivity index (χ2v) is 15.3. The second-order valence-electron chi connectivity index (χ2n) is 15.3. The Balaban J connectivity index is 1.30. The largest absolute Gasteiger partial charge is 0.448 e. The van der Waals surface area contributed by atoms with Crippen LogP contribution in [-0.4, -0.2) is 46.6 Å². The van der Waals surface area contributed by atoms with Crippen LogP contribution >= 0.6 is 0 Å². The van der Waals surface area contributed by atoms with Crippen molar-refractivity contribution in [3.05, 3.63) is 23.8 Å². The van der Waals surface area contributed by atoms with Crippen LogP contribution < -0.4 is 0 Å². The van der Waals surface area contributed by atoms with Crippen LogP contribution in [0.1, 0.15) is 118 Å². The van der Waals surface area contributed by atoms with Crippen molar-refractivity contribution in [1.82, 2.24) is 0 Å². The number of ether oxygens (including phenoxy) is 2. The molecule has 10 atom stereocenters. The minimum absolute atomic E-state index is 0.0176. The summed E-state index contributed by atoms with van der Waals surface area (Å²) in [5.74, 6) is 0.172. The highest BCUT2D eigenvalue weighted by atomic mass is 16.6. The number of hydrogen-bond acceptors (Lipinski definition) is 6. The standard InChI is InChI=1S/C36H52O6/c1-6-30(38)36(42-32(40)29-16-15-28(41-29)23-11-9-7-8-10-12-23)22(2)19-27-26-14-13-24-20-25(37)17-18-33(24,3)35(26,5)31(39)21-34(27,36)4/h17-18,20,22-23,26-29,31,39H,6-16,19,21H2,1-5H3/t22-,26+,27+,28?,29?,31+,33+,34+,35-,36+/m1/s1. The number of allylic oxidation sites excluding steroid dienone is 4. The van der Waals surface area contributed by atoms with Crippen LogP contribution in [0.5, 0.6) is 0 Å². The number of rotatable bonds is 5. The Morgan fingerprint density at radius 1 is 1.02 bits per heavy atom. The van der Waals surface area contributed by atoms with Crippen LogP contribution in [0, 0.1) is 39.9 Å². The molecule has 0 radical (unpaired) electrons. The molecule has 0 bridgehead atoms. The fourth-order valence-corrected chi connectivity index (χ4v) is 11.2. The summed E-state index contributed by atoms with van der Waals surface area (Å²) in [6.45, 7) is 10.4. The lowest BCUT2D eigenvalue weighted by Gasteiger charge is -2.65. The summed E-state index contributed by atoms with van der Waals surface area (Å²) in [4.78, 5) is 40.4. The number of ketones is 2. The van der Waals surface area contributed by atoms with Crippen molar-refractivity contribution >= 4 is 17.5 Å². The molecule has 6 rings (SSSR count). The van der Waals surface area contributed by atoms with Gasteiger partial charge in [-0.3, -0.25) is 9.59 Å². The summed E-state index contributed by atoms with van der Waals surface area (Å²) in [5, 5.41) is 12.1. The second kappa shape index (κ2) is 10.7. The first-order valence-corrected chi connectivity index (χ1v) is 17.0. The summed E-state index contributed by atoms with van der Waals surface area (Å²) in [6.07, 6.45) is 16.2. The van der Waals surface area contributed by atoms with Gasteiger partial charge >= 0.3 is 5.97 Å². The number of Topliss-reactive ketones (excluding diaryl/α,β-unsaturated/α-hetero) is 1. The summed E-state index contributed by atoms with van der Waals surface area (Å²) < 4.78 is 13.0. The van der Waals surface area contributed by atoms with Gasteiger partial charge in [-0.15, -0.1) is 0 Å². The van der Waals surface area contributed by atoms with Gasteiger partial charge in [0.25, 0.3) is 0 Å². The van der Waals surface area contributed by atoms with Gasteiger partial charge in [0.1, 0.15) is 0 Å². The molecule has 6 aliphatic rings. The molecule has 4 saturated carbocycles. The molecule has 232 valence electrons. The molecule has 6 heteroatoms. The summed E-state index contributed by atoms with van der Waals surface area (Å²) in [5.41, 5.74) is -1.80. The fraction of sp³-hybridized carbons (Fsp3) is 0.806. The molecule has 1 N–H and O–H groups in total. The van der Waals surface area contributed by atoms with Gasteiger partial charge in [0.15, 0.2) is 23.3 Å². The zero-order chi connectivity index (χ0) is 30.1. The fourth-order valence-electron chi connectivity index (χ4n) is 11.2. The Morgan fingerprint density at radius 3 is 2.43 bits per heavy atom. The normalized spacial score (nSPS) is 47.2. The quantitative estimate of drug-likeness (QED) is 0.288. The zero-order valence-corrected chi connectivity index (χ0v) is 26.5. The van der Waals surface area contributed by atoms with Crippen LogP contribution in [0.3, 0.4) is 0 Å². The van der Waals surface area contributed by atoms with Gasteiger partial charge < -0.3 is 14.6 Å². The Hall–Kier alpha value is -1.79. The third-order valence-electron chi connectivity index (χ3n) is 13.7. The number of aliphatic hydroxyl groups is 1. The molecule has 0 aromatic rings. The molecule has 2 unspecified atom stereocenters. The zero-order valence-electron chi connectivity index (χ0n) is 26.5. The Kier molecular flexibility index (Phi) is 7.69. The highest BCUT2D eigenvalue weighted by Gasteiger charge is 2.75. The molecule has 1 heterocycles. The van der Waals surface area contributed by atoms with E-state index >= 15 is 0 Å². The van der Waals surface area contributed by atoms with Gasteiger partial charge in [-0.05, 0) is 81.3 Å². The van der Waals surface area contributed by atoms with Gasteiger partial charge in [0.2, 0.25) is 0 Å². The maximum atomic E-state index is 14.1. The van der Waals surface area contributed by atoms with Crippen molar-refractivity contribution < 1.29 is 29.0 Å². The molecule has 5 fully saturated rings. The van der Waals surface area contributed by atoms with Gasteiger partial charge in [0.05, 0.1) is 12.2 Å². The van der Waals surface area contributed by atoms with E-state index in [1.807, 2.05) is 13.0 Å². The summed E-state index contributed by atoms with van der Waals surface area (Å²) >= 11 is 0. The van der Waals surface area contributed by atoms with Crippen LogP contribution in [0.25, 0.3) is 0 Å².